The topological polar surface area (TPSA) is 64.3 Å². The van der Waals surface area contributed by atoms with Crippen LogP contribution in [0.15, 0.2) is 24.3 Å². The van der Waals surface area contributed by atoms with E-state index in [0.29, 0.717) is 18.0 Å². The monoisotopic (exact) mass is 236 g/mol. The van der Waals surface area contributed by atoms with E-state index in [-0.39, 0.29) is 5.97 Å². The summed E-state index contributed by atoms with van der Waals surface area (Å²) in [6.07, 6.45) is 0.966. The maximum atomic E-state index is 11.5. The first-order valence-electron chi connectivity index (χ1n) is 5.80. The molecule has 0 amide bonds. The Morgan fingerprint density at radius 3 is 2.82 bits per heavy atom. The highest BCUT2D eigenvalue weighted by molar-refractivity contribution is 5.95. The Hall–Kier alpha value is -1.55. The number of hydrogen-bond donors (Lipinski definition) is 2. The largest absolute Gasteiger partial charge is 0.465 e. The Bertz CT molecular complexity index is 366. The van der Waals surface area contributed by atoms with Crippen LogP contribution in [0.1, 0.15) is 23.7 Å². The minimum atomic E-state index is -0.320. The molecule has 0 fully saturated rings. The van der Waals surface area contributed by atoms with Gasteiger partial charge in [-0.3, -0.25) is 0 Å². The van der Waals surface area contributed by atoms with Crippen LogP contribution in [0.5, 0.6) is 0 Å². The van der Waals surface area contributed by atoms with E-state index < -0.39 is 0 Å². The molecule has 1 aromatic rings. The highest BCUT2D eigenvalue weighted by Gasteiger charge is 2.11. The molecule has 1 atom stereocenters. The van der Waals surface area contributed by atoms with Gasteiger partial charge in [0, 0.05) is 12.2 Å². The summed E-state index contributed by atoms with van der Waals surface area (Å²) in [5.41, 5.74) is 6.87. The molecule has 0 radical (unpaired) electrons. The van der Waals surface area contributed by atoms with Gasteiger partial charge in [-0.25, -0.2) is 4.79 Å². The third-order valence-corrected chi connectivity index (χ3v) is 2.63. The first-order chi connectivity index (χ1) is 8.19. The second-order valence-electron chi connectivity index (χ2n) is 4.10. The van der Waals surface area contributed by atoms with E-state index in [9.17, 15) is 4.79 Å². The standard InChI is InChI=1S/C13H20N2O2/c1-10(7-8-14)9-15-12-6-4-3-5-11(12)13(16)17-2/h3-6,10,15H,7-9,14H2,1-2H3. The number of para-hydroxylation sites is 1. The van der Waals surface area contributed by atoms with Gasteiger partial charge in [0.15, 0.2) is 0 Å². The molecule has 0 bridgehead atoms. The zero-order valence-corrected chi connectivity index (χ0v) is 10.4. The molecule has 0 heterocycles. The average molecular weight is 236 g/mol. The van der Waals surface area contributed by atoms with Crippen molar-refractivity contribution in [2.45, 2.75) is 13.3 Å². The molecule has 0 aliphatic heterocycles. The summed E-state index contributed by atoms with van der Waals surface area (Å²) in [5.74, 6) is 0.158. The number of benzene rings is 1. The molecule has 3 N–H and O–H groups in total. The zero-order chi connectivity index (χ0) is 12.7. The first kappa shape index (κ1) is 13.5. The zero-order valence-electron chi connectivity index (χ0n) is 10.4. The lowest BCUT2D eigenvalue weighted by Gasteiger charge is -2.14. The van der Waals surface area contributed by atoms with Crippen molar-refractivity contribution < 1.29 is 9.53 Å². The molecule has 1 unspecified atom stereocenters. The van der Waals surface area contributed by atoms with Gasteiger partial charge in [0.2, 0.25) is 0 Å². The van der Waals surface area contributed by atoms with Crippen LogP contribution < -0.4 is 11.1 Å². The number of anilines is 1. The van der Waals surface area contributed by atoms with Crippen molar-refractivity contribution in [1.29, 1.82) is 0 Å². The highest BCUT2D eigenvalue weighted by atomic mass is 16.5. The van der Waals surface area contributed by atoms with Crippen molar-refractivity contribution in [3.63, 3.8) is 0 Å². The lowest BCUT2D eigenvalue weighted by Crippen LogP contribution is -2.17. The van der Waals surface area contributed by atoms with Crippen LogP contribution in [0, 0.1) is 5.92 Å². The Morgan fingerprint density at radius 1 is 1.47 bits per heavy atom. The lowest BCUT2D eigenvalue weighted by molar-refractivity contribution is 0.0602. The first-order valence-corrected chi connectivity index (χ1v) is 5.80. The fourth-order valence-corrected chi connectivity index (χ4v) is 1.60. The predicted molar refractivity (Wildman–Crippen MR) is 69.1 cm³/mol. The highest BCUT2D eigenvalue weighted by Crippen LogP contribution is 2.16. The van der Waals surface area contributed by atoms with E-state index in [1.54, 1.807) is 6.07 Å². The lowest BCUT2D eigenvalue weighted by atomic mass is 10.1. The van der Waals surface area contributed by atoms with Gasteiger partial charge in [0.05, 0.1) is 12.7 Å². The molecule has 0 aliphatic carbocycles. The molecular formula is C13H20N2O2. The molecule has 0 saturated carbocycles. The van der Waals surface area contributed by atoms with Crippen molar-refractivity contribution in [3.8, 4) is 0 Å². The number of rotatable bonds is 6. The van der Waals surface area contributed by atoms with Gasteiger partial charge in [-0.1, -0.05) is 19.1 Å². The van der Waals surface area contributed by atoms with Gasteiger partial charge in [0.25, 0.3) is 0 Å². The van der Waals surface area contributed by atoms with Crippen molar-refractivity contribution in [2.24, 2.45) is 11.7 Å². The second kappa shape index (κ2) is 6.91. The Balaban J connectivity index is 2.67. The van der Waals surface area contributed by atoms with Gasteiger partial charge < -0.3 is 15.8 Å². The van der Waals surface area contributed by atoms with E-state index in [1.165, 1.54) is 7.11 Å². The van der Waals surface area contributed by atoms with Crippen LogP contribution in [-0.2, 0) is 4.74 Å². The summed E-state index contributed by atoms with van der Waals surface area (Å²) in [4.78, 5) is 11.5. The molecular weight excluding hydrogens is 216 g/mol. The summed E-state index contributed by atoms with van der Waals surface area (Å²) in [6, 6.07) is 7.34. The number of carbonyl (C=O) groups excluding carboxylic acids is 1. The quantitative estimate of drug-likeness (QED) is 0.740. The van der Waals surface area contributed by atoms with Crippen LogP contribution >= 0.6 is 0 Å². The van der Waals surface area contributed by atoms with Gasteiger partial charge >= 0.3 is 5.97 Å². The van der Waals surface area contributed by atoms with Gasteiger partial charge in [-0.2, -0.15) is 0 Å². The van der Waals surface area contributed by atoms with Crippen molar-refractivity contribution in [1.82, 2.24) is 0 Å². The van der Waals surface area contributed by atoms with Crippen molar-refractivity contribution in [3.05, 3.63) is 29.8 Å². The number of hydrogen-bond acceptors (Lipinski definition) is 4. The van der Waals surface area contributed by atoms with E-state index in [2.05, 4.69) is 12.2 Å². The van der Waals surface area contributed by atoms with Crippen molar-refractivity contribution in [2.75, 3.05) is 25.5 Å². The van der Waals surface area contributed by atoms with E-state index in [1.807, 2.05) is 18.2 Å². The molecule has 1 rings (SSSR count). The smallest absolute Gasteiger partial charge is 0.339 e. The third-order valence-electron chi connectivity index (χ3n) is 2.63. The Labute approximate surface area is 102 Å². The SMILES string of the molecule is COC(=O)c1ccccc1NCC(C)CCN. The molecule has 0 spiro atoms. The minimum absolute atomic E-state index is 0.320. The van der Waals surface area contributed by atoms with Crippen LogP contribution in [0.25, 0.3) is 0 Å². The minimum Gasteiger partial charge on any atom is -0.465 e. The van der Waals surface area contributed by atoms with Crippen molar-refractivity contribution >= 4 is 11.7 Å². The summed E-state index contributed by atoms with van der Waals surface area (Å²) in [7, 11) is 1.39. The fourth-order valence-electron chi connectivity index (χ4n) is 1.60. The molecule has 94 valence electrons. The molecule has 0 aliphatic rings. The number of carbonyl (C=O) groups is 1. The fraction of sp³-hybridized carbons (Fsp3) is 0.462. The average Bonchev–Trinajstić information content (AvgIpc) is 2.36. The van der Waals surface area contributed by atoms with Gasteiger partial charge in [-0.15, -0.1) is 0 Å². The second-order valence-corrected chi connectivity index (χ2v) is 4.10. The number of nitrogens with two attached hydrogens (primary N) is 1. The molecule has 0 saturated heterocycles. The van der Waals surface area contributed by atoms with E-state index in [0.717, 1.165) is 18.7 Å². The molecule has 4 nitrogen and oxygen atoms in total. The van der Waals surface area contributed by atoms with Crippen LogP contribution in [0.2, 0.25) is 0 Å². The van der Waals surface area contributed by atoms with E-state index in [4.69, 9.17) is 10.5 Å². The third kappa shape index (κ3) is 4.07. The van der Waals surface area contributed by atoms with Crippen LogP contribution in [0.4, 0.5) is 5.69 Å². The number of nitrogens with one attached hydrogen (secondary N) is 1. The van der Waals surface area contributed by atoms with Crippen LogP contribution in [-0.4, -0.2) is 26.2 Å². The Kier molecular flexibility index (Phi) is 5.49. The maximum Gasteiger partial charge on any atom is 0.339 e. The van der Waals surface area contributed by atoms with E-state index >= 15 is 0 Å². The predicted octanol–water partition coefficient (Wildman–Crippen LogP) is 1.87. The maximum absolute atomic E-state index is 11.5. The summed E-state index contributed by atoms with van der Waals surface area (Å²) >= 11 is 0. The molecule has 4 heteroatoms. The van der Waals surface area contributed by atoms with Gasteiger partial charge in [0.1, 0.15) is 0 Å². The Morgan fingerprint density at radius 2 is 2.18 bits per heavy atom. The van der Waals surface area contributed by atoms with Gasteiger partial charge in [-0.05, 0) is 31.0 Å². The molecule has 0 aromatic heterocycles. The molecule has 17 heavy (non-hydrogen) atoms. The number of methoxy groups -OCH3 is 1. The number of ether oxygens (including phenoxy) is 1. The summed E-state index contributed by atoms with van der Waals surface area (Å²) in [6.45, 7) is 3.60. The van der Waals surface area contributed by atoms with Crippen LogP contribution in [0.3, 0.4) is 0 Å². The summed E-state index contributed by atoms with van der Waals surface area (Å²) in [5, 5.41) is 3.26. The normalized spacial score (nSPS) is 11.9. The molecule has 1 aromatic carbocycles. The summed E-state index contributed by atoms with van der Waals surface area (Å²) < 4.78 is 4.73. The number of esters is 1.